The van der Waals surface area contributed by atoms with Crippen LogP contribution in [0.15, 0.2) is 24.3 Å². The monoisotopic (exact) mass is 391 g/mol. The predicted molar refractivity (Wildman–Crippen MR) is 102 cm³/mol. The Bertz CT molecular complexity index is 672. The second-order valence-corrected chi connectivity index (χ2v) is 8.83. The van der Waals surface area contributed by atoms with Gasteiger partial charge >= 0.3 is 0 Å². The zero-order chi connectivity index (χ0) is 18.9. The minimum absolute atomic E-state index is 0.133. The Balaban J connectivity index is 1.17. The second kappa shape index (κ2) is 7.68. The van der Waals surface area contributed by atoms with Gasteiger partial charge in [0.05, 0.1) is 6.54 Å². The number of carbonyl (C=O) groups excluding carboxylic acids is 2. The lowest BCUT2D eigenvalue weighted by Crippen LogP contribution is -2.60. The number of halogens is 1. The van der Waals surface area contributed by atoms with Gasteiger partial charge in [0, 0.05) is 10.6 Å². The summed E-state index contributed by atoms with van der Waals surface area (Å²) in [6.07, 6.45) is 7.68. The highest BCUT2D eigenvalue weighted by atomic mass is 35.5. The molecule has 0 radical (unpaired) electrons. The van der Waals surface area contributed by atoms with Gasteiger partial charge in [-0.25, -0.2) is 0 Å². The van der Waals surface area contributed by atoms with Crippen molar-refractivity contribution in [2.75, 3.05) is 13.2 Å². The normalized spacial score (nSPS) is 30.8. The maximum absolute atomic E-state index is 12.1. The summed E-state index contributed by atoms with van der Waals surface area (Å²) in [6.45, 7) is 0.0504. The van der Waals surface area contributed by atoms with Crippen molar-refractivity contribution in [2.24, 2.45) is 17.8 Å². The van der Waals surface area contributed by atoms with Crippen LogP contribution in [0.25, 0.3) is 0 Å². The minimum Gasteiger partial charge on any atom is -0.484 e. The minimum atomic E-state index is -0.409. The van der Waals surface area contributed by atoms with Crippen LogP contribution in [0, 0.1) is 17.8 Å². The summed E-state index contributed by atoms with van der Waals surface area (Å²) < 4.78 is 5.34. The van der Waals surface area contributed by atoms with Crippen LogP contribution in [0.4, 0.5) is 0 Å². The first-order valence-corrected chi connectivity index (χ1v) is 10.1. The van der Waals surface area contributed by atoms with E-state index in [1.807, 2.05) is 0 Å². The summed E-state index contributed by atoms with van der Waals surface area (Å²) in [6, 6.07) is 6.74. The molecule has 0 heterocycles. The lowest BCUT2D eigenvalue weighted by molar-refractivity contribution is -0.130. The molecule has 146 valence electrons. The number of hydrazine groups is 1. The van der Waals surface area contributed by atoms with Gasteiger partial charge < -0.3 is 10.1 Å². The fourth-order valence-electron chi connectivity index (χ4n) is 5.49. The van der Waals surface area contributed by atoms with E-state index in [-0.39, 0.29) is 24.6 Å². The Hall–Kier alpha value is -1.79. The van der Waals surface area contributed by atoms with Gasteiger partial charge in [-0.2, -0.15) is 0 Å². The van der Waals surface area contributed by atoms with E-state index < -0.39 is 5.91 Å². The summed E-state index contributed by atoms with van der Waals surface area (Å²) in [4.78, 5) is 23.9. The van der Waals surface area contributed by atoms with Crippen molar-refractivity contribution in [1.29, 1.82) is 0 Å². The van der Waals surface area contributed by atoms with E-state index in [1.165, 1.54) is 38.5 Å². The van der Waals surface area contributed by atoms with Crippen molar-refractivity contribution in [1.82, 2.24) is 16.2 Å². The van der Waals surface area contributed by atoms with Crippen LogP contribution >= 0.6 is 11.6 Å². The zero-order valence-corrected chi connectivity index (χ0v) is 16.1. The summed E-state index contributed by atoms with van der Waals surface area (Å²) in [5, 5.41) is 4.11. The summed E-state index contributed by atoms with van der Waals surface area (Å²) in [5.74, 6) is 2.40. The fraction of sp³-hybridized carbons (Fsp3) is 0.600. The number of benzene rings is 1. The molecule has 5 rings (SSSR count). The summed E-state index contributed by atoms with van der Waals surface area (Å²) in [5.41, 5.74) is 4.98. The number of ether oxygens (including phenoxy) is 1. The molecule has 27 heavy (non-hydrogen) atoms. The van der Waals surface area contributed by atoms with Crippen LogP contribution in [-0.4, -0.2) is 30.5 Å². The van der Waals surface area contributed by atoms with Gasteiger partial charge in [0.15, 0.2) is 6.61 Å². The van der Waals surface area contributed by atoms with Crippen LogP contribution in [0.1, 0.15) is 38.5 Å². The van der Waals surface area contributed by atoms with E-state index in [0.29, 0.717) is 10.8 Å². The van der Waals surface area contributed by atoms with Crippen molar-refractivity contribution in [3.63, 3.8) is 0 Å². The molecule has 4 aliphatic rings. The average molecular weight is 392 g/mol. The Labute approximate surface area is 164 Å². The zero-order valence-electron chi connectivity index (χ0n) is 15.3. The van der Waals surface area contributed by atoms with Crippen LogP contribution in [0.2, 0.25) is 5.02 Å². The topological polar surface area (TPSA) is 79.5 Å². The molecule has 0 unspecified atom stereocenters. The molecule has 0 atom stereocenters. The van der Waals surface area contributed by atoms with E-state index in [2.05, 4.69) is 16.2 Å². The van der Waals surface area contributed by atoms with E-state index >= 15 is 0 Å². The standard InChI is InChI=1S/C20H26ClN3O3/c21-16-1-3-17(4-2-16)27-12-19(26)24-23-18(25)11-22-20-8-13-5-14(9-20)7-15(6-13)10-20/h1-4,13-15,22H,5-12H2,(H,23,25)(H,24,26). The quantitative estimate of drug-likeness (QED) is 0.651. The first-order valence-electron chi connectivity index (χ1n) is 9.71. The maximum Gasteiger partial charge on any atom is 0.276 e. The highest BCUT2D eigenvalue weighted by molar-refractivity contribution is 6.30. The van der Waals surface area contributed by atoms with Crippen LogP contribution in [0.3, 0.4) is 0 Å². The second-order valence-electron chi connectivity index (χ2n) is 8.39. The Morgan fingerprint density at radius 3 is 2.11 bits per heavy atom. The molecule has 2 amide bonds. The molecular weight excluding hydrogens is 366 g/mol. The Morgan fingerprint density at radius 1 is 0.963 bits per heavy atom. The fourth-order valence-corrected chi connectivity index (χ4v) is 5.62. The molecular formula is C20H26ClN3O3. The lowest BCUT2D eigenvalue weighted by atomic mass is 9.53. The first kappa shape index (κ1) is 18.6. The number of hydrogen-bond donors (Lipinski definition) is 3. The van der Waals surface area contributed by atoms with Crippen molar-refractivity contribution in [3.05, 3.63) is 29.3 Å². The summed E-state index contributed by atoms with van der Waals surface area (Å²) >= 11 is 5.80. The molecule has 1 aromatic carbocycles. The molecule has 7 heteroatoms. The van der Waals surface area contributed by atoms with Crippen LogP contribution in [0.5, 0.6) is 5.75 Å². The third-order valence-electron chi connectivity index (χ3n) is 6.19. The van der Waals surface area contributed by atoms with Gasteiger partial charge in [-0.05, 0) is 80.5 Å². The molecule has 3 N–H and O–H groups in total. The molecule has 4 saturated carbocycles. The molecule has 4 fully saturated rings. The molecule has 6 nitrogen and oxygen atoms in total. The number of carbonyl (C=O) groups is 2. The highest BCUT2D eigenvalue weighted by Gasteiger charge is 2.50. The Morgan fingerprint density at radius 2 is 1.52 bits per heavy atom. The lowest BCUT2D eigenvalue weighted by Gasteiger charge is -2.57. The van der Waals surface area contributed by atoms with Crippen molar-refractivity contribution < 1.29 is 14.3 Å². The molecule has 0 spiro atoms. The van der Waals surface area contributed by atoms with Crippen molar-refractivity contribution in [3.8, 4) is 5.75 Å². The maximum atomic E-state index is 12.1. The molecule has 0 aliphatic heterocycles. The van der Waals surface area contributed by atoms with Gasteiger partial charge in [-0.15, -0.1) is 0 Å². The van der Waals surface area contributed by atoms with Gasteiger partial charge in [0.2, 0.25) is 0 Å². The molecule has 1 aromatic rings. The number of hydrogen-bond acceptors (Lipinski definition) is 4. The average Bonchev–Trinajstić information content (AvgIpc) is 2.63. The highest BCUT2D eigenvalue weighted by Crippen LogP contribution is 2.55. The smallest absolute Gasteiger partial charge is 0.276 e. The van der Waals surface area contributed by atoms with Gasteiger partial charge in [-0.3, -0.25) is 20.4 Å². The third kappa shape index (κ3) is 4.55. The third-order valence-corrected chi connectivity index (χ3v) is 6.44. The predicted octanol–water partition coefficient (Wildman–Crippen LogP) is 2.42. The molecule has 4 aliphatic carbocycles. The van der Waals surface area contributed by atoms with Gasteiger partial charge in [0.25, 0.3) is 11.8 Å². The first-order chi connectivity index (χ1) is 13.0. The number of rotatable bonds is 6. The van der Waals surface area contributed by atoms with E-state index in [4.69, 9.17) is 16.3 Å². The Kier molecular flexibility index (Phi) is 5.28. The van der Waals surface area contributed by atoms with Gasteiger partial charge in [0.1, 0.15) is 5.75 Å². The van der Waals surface area contributed by atoms with Gasteiger partial charge in [-0.1, -0.05) is 11.6 Å². The van der Waals surface area contributed by atoms with E-state index in [9.17, 15) is 9.59 Å². The van der Waals surface area contributed by atoms with Crippen molar-refractivity contribution in [2.45, 2.75) is 44.1 Å². The number of nitrogens with one attached hydrogen (secondary N) is 3. The molecule has 4 bridgehead atoms. The van der Waals surface area contributed by atoms with Crippen LogP contribution in [-0.2, 0) is 9.59 Å². The van der Waals surface area contributed by atoms with Crippen molar-refractivity contribution >= 4 is 23.4 Å². The van der Waals surface area contributed by atoms with E-state index in [0.717, 1.165) is 17.8 Å². The van der Waals surface area contributed by atoms with E-state index in [1.54, 1.807) is 24.3 Å². The summed E-state index contributed by atoms with van der Waals surface area (Å²) in [7, 11) is 0. The molecule has 0 saturated heterocycles. The SMILES string of the molecule is O=C(CNC12CC3CC(CC(C3)C1)C2)NNC(=O)COc1ccc(Cl)cc1. The molecule has 0 aromatic heterocycles. The largest absolute Gasteiger partial charge is 0.484 e. The number of amides is 2. The van der Waals surface area contributed by atoms with Crippen LogP contribution < -0.4 is 20.9 Å².